The van der Waals surface area contributed by atoms with Gasteiger partial charge in [-0.3, -0.25) is 0 Å². The fourth-order valence-electron chi connectivity index (χ4n) is 0. The van der Waals surface area contributed by atoms with Gasteiger partial charge in [-0.1, -0.05) is 0 Å². The normalized spacial score (nSPS) is 0. The molecule has 0 bridgehead atoms. The number of hydrogen-bond donors (Lipinski definition) is 0. The van der Waals surface area contributed by atoms with Gasteiger partial charge >= 0.3 is 34.7 Å². The van der Waals surface area contributed by atoms with Gasteiger partial charge in [-0.25, -0.2) is 0 Å². The van der Waals surface area contributed by atoms with Crippen LogP contribution in [0.15, 0.2) is 0 Å². The van der Waals surface area contributed by atoms with Gasteiger partial charge in [0.15, 0.2) is 0 Å². The van der Waals surface area contributed by atoms with E-state index in [2.05, 4.69) is 0 Å². The Kier molecular flexibility index (Phi) is 2810. The third kappa shape index (κ3) is 48.0. The van der Waals surface area contributed by atoms with Crippen LogP contribution in [0.4, 0.5) is 0 Å². The number of hydrogen-bond acceptors (Lipinski definition) is 3. The Balaban J connectivity index is 0. The van der Waals surface area contributed by atoms with Crippen LogP contribution in [-0.2, 0) is 0 Å². The molecule has 0 aromatic carbocycles. The zero-order valence-corrected chi connectivity index (χ0v) is 4.81. The van der Waals surface area contributed by atoms with E-state index in [1.54, 1.807) is 0 Å². The molecule has 0 radical (unpaired) electrons. The molecular formula is H3Al2O3+3. The third-order valence-electron chi connectivity index (χ3n) is 0. The van der Waals surface area contributed by atoms with Crippen LogP contribution in [0, 0.1) is 0 Å². The smallest absolute Gasteiger partial charge is 0.870 e. The van der Waals surface area contributed by atoms with E-state index in [9.17, 15) is 0 Å². The predicted octanol–water partition coefficient (Wildman–Crippen LogP) is -1.29. The first-order chi connectivity index (χ1) is 0. The molecule has 0 aromatic rings. The van der Waals surface area contributed by atoms with Gasteiger partial charge in [-0.05, 0) is 0 Å². The van der Waals surface area contributed by atoms with Gasteiger partial charge in [0.05, 0.1) is 0 Å². The van der Waals surface area contributed by atoms with E-state index in [4.69, 9.17) is 0 Å². The van der Waals surface area contributed by atoms with E-state index in [0.717, 1.165) is 0 Å². The van der Waals surface area contributed by atoms with Gasteiger partial charge in [-0.15, -0.1) is 0 Å². The van der Waals surface area contributed by atoms with Crippen LogP contribution in [0.5, 0.6) is 0 Å². The Hall–Kier alpha value is 0.945. The van der Waals surface area contributed by atoms with Crippen molar-refractivity contribution >= 4 is 34.7 Å². The molecule has 0 unspecified atom stereocenters. The van der Waals surface area contributed by atoms with Gasteiger partial charge in [-0.2, -0.15) is 0 Å². The van der Waals surface area contributed by atoms with Gasteiger partial charge in [0.2, 0.25) is 0 Å². The van der Waals surface area contributed by atoms with Crippen LogP contribution in [-0.4, -0.2) is 51.2 Å². The molecule has 3 nitrogen and oxygen atoms in total. The molecule has 0 aliphatic carbocycles. The average Bonchev–Trinajstić information content (AvgIpc) is 0. The third-order valence-corrected chi connectivity index (χ3v) is 0. The van der Waals surface area contributed by atoms with Crippen molar-refractivity contribution in [3.05, 3.63) is 0 Å². The summed E-state index contributed by atoms with van der Waals surface area (Å²) in [7, 11) is 0. The standard InChI is InChI=1S/2Al.3H2O/h;;3*1H2/q2*+3;;;/p-3. The van der Waals surface area contributed by atoms with Crippen molar-refractivity contribution in [1.29, 1.82) is 0 Å². The molecular weight excluding hydrogens is 102 g/mol. The van der Waals surface area contributed by atoms with Crippen LogP contribution >= 0.6 is 0 Å². The Labute approximate surface area is 51.6 Å². The summed E-state index contributed by atoms with van der Waals surface area (Å²) in [6, 6.07) is 0. The molecule has 0 aliphatic rings. The molecule has 0 aliphatic heterocycles. The SMILES string of the molecule is [Al+3].[Al+3].[OH-].[OH-].[OH-]. The van der Waals surface area contributed by atoms with Crippen molar-refractivity contribution < 1.29 is 16.4 Å². The van der Waals surface area contributed by atoms with Crippen molar-refractivity contribution in [3.63, 3.8) is 0 Å². The summed E-state index contributed by atoms with van der Waals surface area (Å²) >= 11 is 0. The van der Waals surface area contributed by atoms with E-state index in [1.165, 1.54) is 0 Å². The van der Waals surface area contributed by atoms with Gasteiger partial charge < -0.3 is 16.4 Å². The molecule has 0 amide bonds. The first kappa shape index (κ1) is 163. The van der Waals surface area contributed by atoms with Crippen molar-refractivity contribution in [2.75, 3.05) is 0 Å². The van der Waals surface area contributed by atoms with Crippen LogP contribution in [0.3, 0.4) is 0 Å². The minimum Gasteiger partial charge on any atom is -0.870 e. The van der Waals surface area contributed by atoms with Gasteiger partial charge in [0.25, 0.3) is 0 Å². The molecule has 0 fully saturated rings. The van der Waals surface area contributed by atoms with Crippen LogP contribution < -0.4 is 0 Å². The maximum absolute atomic E-state index is 0. The fourth-order valence-corrected chi connectivity index (χ4v) is 0. The van der Waals surface area contributed by atoms with E-state index in [-0.39, 0.29) is 51.2 Å². The Morgan fingerprint density at radius 2 is 0.400 bits per heavy atom. The van der Waals surface area contributed by atoms with Crippen molar-refractivity contribution in [2.45, 2.75) is 0 Å². The molecule has 0 rings (SSSR count). The minimum atomic E-state index is 0. The Morgan fingerprint density at radius 1 is 0.400 bits per heavy atom. The summed E-state index contributed by atoms with van der Waals surface area (Å²) in [5, 5.41) is 0. The molecule has 24 valence electrons. The maximum Gasteiger partial charge on any atom is 3.00 e. The summed E-state index contributed by atoms with van der Waals surface area (Å²) in [5.74, 6) is 0. The zero-order chi connectivity index (χ0) is 0. The summed E-state index contributed by atoms with van der Waals surface area (Å²) < 4.78 is 0. The van der Waals surface area contributed by atoms with Gasteiger partial charge in [0, 0.05) is 0 Å². The predicted molar refractivity (Wildman–Crippen MR) is 17.3 cm³/mol. The van der Waals surface area contributed by atoms with E-state index in [0.29, 0.717) is 0 Å². The molecule has 0 saturated carbocycles. The molecule has 0 atom stereocenters. The van der Waals surface area contributed by atoms with E-state index >= 15 is 0 Å². The first-order valence-electron chi connectivity index (χ1n) is 0. The summed E-state index contributed by atoms with van der Waals surface area (Å²) in [5.41, 5.74) is 0. The molecule has 5 heteroatoms. The van der Waals surface area contributed by atoms with Gasteiger partial charge in [0.1, 0.15) is 0 Å². The van der Waals surface area contributed by atoms with Crippen molar-refractivity contribution in [1.82, 2.24) is 0 Å². The summed E-state index contributed by atoms with van der Waals surface area (Å²) in [4.78, 5) is 0. The van der Waals surface area contributed by atoms with Crippen LogP contribution in [0.1, 0.15) is 0 Å². The number of rotatable bonds is 0. The Bertz CT molecular complexity index is 4.85. The quantitative estimate of drug-likeness (QED) is 0.359. The Morgan fingerprint density at radius 3 is 0.400 bits per heavy atom. The molecule has 0 aromatic heterocycles. The second kappa shape index (κ2) is 86.2. The van der Waals surface area contributed by atoms with Crippen molar-refractivity contribution in [3.8, 4) is 0 Å². The van der Waals surface area contributed by atoms with E-state index < -0.39 is 0 Å². The fraction of sp³-hybridized carbons (Fsp3) is 0. The molecule has 0 heterocycles. The average molecular weight is 105 g/mol. The summed E-state index contributed by atoms with van der Waals surface area (Å²) in [6.07, 6.45) is 0. The van der Waals surface area contributed by atoms with Crippen LogP contribution in [0.25, 0.3) is 0 Å². The van der Waals surface area contributed by atoms with Crippen LogP contribution in [0.2, 0.25) is 0 Å². The molecule has 0 saturated heterocycles. The second-order valence-electron chi connectivity index (χ2n) is 0. The molecule has 0 spiro atoms. The maximum atomic E-state index is 0. The largest absolute Gasteiger partial charge is 3.00 e. The second-order valence-corrected chi connectivity index (χ2v) is 0. The molecule has 3 N–H and O–H groups in total. The topological polar surface area (TPSA) is 90.0 Å². The first-order valence-corrected chi connectivity index (χ1v) is 0. The van der Waals surface area contributed by atoms with Crippen molar-refractivity contribution in [2.24, 2.45) is 0 Å². The summed E-state index contributed by atoms with van der Waals surface area (Å²) in [6.45, 7) is 0. The molecule has 5 heavy (non-hydrogen) atoms. The zero-order valence-electron chi connectivity index (χ0n) is 2.50. The minimum absolute atomic E-state index is 0. The monoisotopic (exact) mass is 105 g/mol. The van der Waals surface area contributed by atoms with E-state index in [1.807, 2.05) is 0 Å².